The van der Waals surface area contributed by atoms with Gasteiger partial charge in [-0.05, 0) is 25.8 Å². The molecule has 0 aliphatic rings. The normalized spacial score (nSPS) is 13.0. The van der Waals surface area contributed by atoms with Gasteiger partial charge in [0.15, 0.2) is 0 Å². The molecule has 29 heavy (non-hydrogen) atoms. The maximum atomic E-state index is 10.7. The molecule has 0 fully saturated rings. The second-order valence-corrected chi connectivity index (χ2v) is 8.60. The average Bonchev–Trinajstić information content (AvgIpc) is 2.69. The van der Waals surface area contributed by atoms with Crippen molar-refractivity contribution in [2.24, 2.45) is 0 Å². The van der Waals surface area contributed by atoms with E-state index >= 15 is 0 Å². The van der Waals surface area contributed by atoms with Crippen molar-refractivity contribution in [3.63, 3.8) is 0 Å². The van der Waals surface area contributed by atoms with Crippen molar-refractivity contribution in [3.05, 3.63) is 11.6 Å². The molecule has 0 rings (SSSR count). The van der Waals surface area contributed by atoms with Crippen LogP contribution in [-0.2, 0) is 4.79 Å². The number of aliphatic hydroxyl groups excluding tert-OH is 2. The van der Waals surface area contributed by atoms with Gasteiger partial charge < -0.3 is 15.3 Å². The molecule has 3 N–H and O–H groups in total. The Morgan fingerprint density at radius 2 is 0.966 bits per heavy atom. The SMILES string of the molecule is CC(=CC(O)CCCCCCCCCCCCCCCCCCCCO)C(=O)O. The topological polar surface area (TPSA) is 77.8 Å². The van der Waals surface area contributed by atoms with E-state index in [1.54, 1.807) is 0 Å². The number of aliphatic carboxylic acids is 1. The van der Waals surface area contributed by atoms with Gasteiger partial charge in [-0.1, -0.05) is 109 Å². The largest absolute Gasteiger partial charge is 0.478 e. The minimum absolute atomic E-state index is 0.225. The molecule has 172 valence electrons. The van der Waals surface area contributed by atoms with Crippen LogP contribution in [0.15, 0.2) is 11.6 Å². The highest BCUT2D eigenvalue weighted by atomic mass is 16.4. The number of hydrogen-bond donors (Lipinski definition) is 3. The fraction of sp³-hybridized carbons (Fsp3) is 0.880. The summed E-state index contributed by atoms with van der Waals surface area (Å²) in [5.74, 6) is -0.953. The Balaban J connectivity index is 3.19. The molecule has 0 heterocycles. The summed E-state index contributed by atoms with van der Waals surface area (Å²) in [5.41, 5.74) is 0.225. The minimum Gasteiger partial charge on any atom is -0.478 e. The first-order valence-corrected chi connectivity index (χ1v) is 12.3. The first kappa shape index (κ1) is 28.1. The van der Waals surface area contributed by atoms with Crippen LogP contribution in [-0.4, -0.2) is 34.0 Å². The molecular weight excluding hydrogens is 364 g/mol. The maximum Gasteiger partial charge on any atom is 0.331 e. The van der Waals surface area contributed by atoms with Crippen LogP contribution in [0.1, 0.15) is 129 Å². The van der Waals surface area contributed by atoms with Crippen molar-refractivity contribution >= 4 is 5.97 Å². The molecule has 0 saturated carbocycles. The molecule has 0 aromatic carbocycles. The first-order valence-electron chi connectivity index (χ1n) is 12.3. The highest BCUT2D eigenvalue weighted by Crippen LogP contribution is 2.15. The number of hydrogen-bond acceptors (Lipinski definition) is 3. The molecular formula is C25H48O4. The van der Waals surface area contributed by atoms with Crippen LogP contribution >= 0.6 is 0 Å². The summed E-state index contributed by atoms with van der Waals surface area (Å²) in [7, 11) is 0. The van der Waals surface area contributed by atoms with Crippen molar-refractivity contribution in [3.8, 4) is 0 Å². The highest BCUT2D eigenvalue weighted by Gasteiger charge is 2.05. The molecule has 0 radical (unpaired) electrons. The standard InChI is InChI=1S/C25H48O4/c1-23(25(28)29)22-24(27)20-18-16-14-12-10-8-6-4-2-3-5-7-9-11-13-15-17-19-21-26/h22,24,26-27H,2-21H2,1H3,(H,28,29). The molecule has 0 aromatic rings. The van der Waals surface area contributed by atoms with Crippen LogP contribution in [0.2, 0.25) is 0 Å². The molecule has 0 amide bonds. The lowest BCUT2D eigenvalue weighted by Crippen LogP contribution is -2.06. The predicted octanol–water partition coefficient (Wildman–Crippen LogP) is 6.78. The molecule has 0 aromatic heterocycles. The van der Waals surface area contributed by atoms with Crippen LogP contribution in [0.5, 0.6) is 0 Å². The van der Waals surface area contributed by atoms with Gasteiger partial charge in [0.1, 0.15) is 0 Å². The van der Waals surface area contributed by atoms with Gasteiger partial charge in [-0.15, -0.1) is 0 Å². The van der Waals surface area contributed by atoms with Crippen LogP contribution in [0.25, 0.3) is 0 Å². The van der Waals surface area contributed by atoms with E-state index in [9.17, 15) is 9.90 Å². The van der Waals surface area contributed by atoms with E-state index in [1.165, 1.54) is 109 Å². The zero-order valence-electron chi connectivity index (χ0n) is 19.0. The second kappa shape index (κ2) is 21.8. The predicted molar refractivity (Wildman–Crippen MR) is 122 cm³/mol. The fourth-order valence-electron chi connectivity index (χ4n) is 3.74. The van der Waals surface area contributed by atoms with Crippen molar-refractivity contribution in [1.82, 2.24) is 0 Å². The van der Waals surface area contributed by atoms with Crippen molar-refractivity contribution < 1.29 is 20.1 Å². The van der Waals surface area contributed by atoms with Crippen molar-refractivity contribution in [2.75, 3.05) is 6.61 Å². The van der Waals surface area contributed by atoms with E-state index in [-0.39, 0.29) is 5.57 Å². The molecule has 0 spiro atoms. The Morgan fingerprint density at radius 3 is 1.28 bits per heavy atom. The molecule has 0 saturated heterocycles. The smallest absolute Gasteiger partial charge is 0.331 e. The second-order valence-electron chi connectivity index (χ2n) is 8.60. The van der Waals surface area contributed by atoms with Gasteiger partial charge in [0, 0.05) is 12.2 Å². The van der Waals surface area contributed by atoms with Crippen LogP contribution < -0.4 is 0 Å². The molecule has 1 atom stereocenters. The Labute approximate surface area is 179 Å². The third-order valence-corrected chi connectivity index (χ3v) is 5.69. The summed E-state index contributed by atoms with van der Waals surface area (Å²) in [6, 6.07) is 0. The number of aliphatic hydroxyl groups is 2. The van der Waals surface area contributed by atoms with Gasteiger partial charge in [-0.3, -0.25) is 0 Å². The quantitative estimate of drug-likeness (QED) is 0.135. The van der Waals surface area contributed by atoms with Gasteiger partial charge in [-0.25, -0.2) is 4.79 Å². The Morgan fingerprint density at radius 1 is 0.655 bits per heavy atom. The lowest BCUT2D eigenvalue weighted by atomic mass is 10.0. The number of carboxylic acids is 1. The average molecular weight is 413 g/mol. The zero-order valence-corrected chi connectivity index (χ0v) is 19.0. The molecule has 0 aliphatic carbocycles. The zero-order chi connectivity index (χ0) is 21.6. The molecule has 4 heteroatoms. The third kappa shape index (κ3) is 21.7. The number of carbonyl (C=O) groups is 1. The molecule has 1 unspecified atom stereocenters. The van der Waals surface area contributed by atoms with Crippen molar-refractivity contribution in [2.45, 2.75) is 135 Å². The lowest BCUT2D eigenvalue weighted by Gasteiger charge is -2.06. The summed E-state index contributed by atoms with van der Waals surface area (Å²) in [4.78, 5) is 10.7. The third-order valence-electron chi connectivity index (χ3n) is 5.69. The molecule has 0 bridgehead atoms. The summed E-state index contributed by atoms with van der Waals surface area (Å²) in [6.07, 6.45) is 24.6. The minimum atomic E-state index is -0.953. The van der Waals surface area contributed by atoms with Crippen molar-refractivity contribution in [1.29, 1.82) is 0 Å². The van der Waals surface area contributed by atoms with Crippen LogP contribution in [0, 0.1) is 0 Å². The Hall–Kier alpha value is -0.870. The van der Waals surface area contributed by atoms with Gasteiger partial charge in [0.2, 0.25) is 0 Å². The van der Waals surface area contributed by atoms with E-state index in [4.69, 9.17) is 10.2 Å². The van der Waals surface area contributed by atoms with Gasteiger partial charge in [-0.2, -0.15) is 0 Å². The lowest BCUT2D eigenvalue weighted by molar-refractivity contribution is -0.132. The van der Waals surface area contributed by atoms with E-state index in [0.29, 0.717) is 13.0 Å². The number of carboxylic acid groups (broad SMARTS) is 1. The fourth-order valence-corrected chi connectivity index (χ4v) is 3.74. The van der Waals surface area contributed by atoms with Gasteiger partial charge in [0.05, 0.1) is 6.10 Å². The monoisotopic (exact) mass is 412 g/mol. The van der Waals surface area contributed by atoms with E-state index < -0.39 is 12.1 Å². The highest BCUT2D eigenvalue weighted by molar-refractivity contribution is 5.85. The molecule has 0 aliphatic heterocycles. The summed E-state index contributed by atoms with van der Waals surface area (Å²) in [5, 5.41) is 27.3. The van der Waals surface area contributed by atoms with Gasteiger partial charge in [0.25, 0.3) is 0 Å². The maximum absolute atomic E-state index is 10.7. The number of rotatable bonds is 22. The number of unbranched alkanes of at least 4 members (excludes halogenated alkanes) is 17. The van der Waals surface area contributed by atoms with E-state index in [1.807, 2.05) is 0 Å². The first-order chi connectivity index (χ1) is 14.1. The Bertz CT molecular complexity index is 392. The summed E-state index contributed by atoms with van der Waals surface area (Å²) >= 11 is 0. The van der Waals surface area contributed by atoms with E-state index in [2.05, 4.69) is 0 Å². The van der Waals surface area contributed by atoms with Crippen LogP contribution in [0.4, 0.5) is 0 Å². The van der Waals surface area contributed by atoms with Crippen LogP contribution in [0.3, 0.4) is 0 Å². The van der Waals surface area contributed by atoms with E-state index in [0.717, 1.165) is 19.3 Å². The molecule has 4 nitrogen and oxygen atoms in total. The Kier molecular flexibility index (Phi) is 21.2. The summed E-state index contributed by atoms with van der Waals surface area (Å²) < 4.78 is 0. The summed E-state index contributed by atoms with van der Waals surface area (Å²) in [6.45, 7) is 1.87. The van der Waals surface area contributed by atoms with Gasteiger partial charge >= 0.3 is 5.97 Å².